The number of ether oxygens (including phenoxy) is 2. The van der Waals surface area contributed by atoms with Crippen molar-refractivity contribution in [1.82, 2.24) is 4.90 Å². The first-order valence-electron chi connectivity index (χ1n) is 10.0. The first-order valence-corrected chi connectivity index (χ1v) is 10.0. The van der Waals surface area contributed by atoms with Gasteiger partial charge in [-0.15, -0.1) is 0 Å². The predicted molar refractivity (Wildman–Crippen MR) is 111 cm³/mol. The minimum absolute atomic E-state index is 0.00191. The number of piperidine rings is 1. The van der Waals surface area contributed by atoms with Gasteiger partial charge in [-0.1, -0.05) is 42.5 Å². The van der Waals surface area contributed by atoms with E-state index in [0.29, 0.717) is 13.1 Å². The van der Waals surface area contributed by atoms with Crippen LogP contribution in [0.15, 0.2) is 54.6 Å². The van der Waals surface area contributed by atoms with Gasteiger partial charge in [0, 0.05) is 37.9 Å². The quantitative estimate of drug-likeness (QED) is 0.737. The second-order valence-electron chi connectivity index (χ2n) is 7.58. The van der Waals surface area contributed by atoms with Crippen LogP contribution < -0.4 is 4.74 Å². The van der Waals surface area contributed by atoms with Crippen molar-refractivity contribution in [3.8, 4) is 16.9 Å². The molecule has 1 fully saturated rings. The summed E-state index contributed by atoms with van der Waals surface area (Å²) in [6.45, 7) is 1.25. The molecule has 0 N–H and O–H groups in total. The first-order chi connectivity index (χ1) is 14.1. The fourth-order valence-corrected chi connectivity index (χ4v) is 3.95. The van der Waals surface area contributed by atoms with E-state index >= 15 is 0 Å². The van der Waals surface area contributed by atoms with Crippen molar-refractivity contribution in [2.24, 2.45) is 0 Å². The fraction of sp³-hybridized carbons (Fsp3) is 0.333. The highest BCUT2D eigenvalue weighted by atomic mass is 16.5. The summed E-state index contributed by atoms with van der Waals surface area (Å²) in [6.07, 6.45) is 6.09. The van der Waals surface area contributed by atoms with Gasteiger partial charge >= 0.3 is 5.97 Å². The maximum atomic E-state index is 12.3. The lowest BCUT2D eigenvalue weighted by atomic mass is 9.87. The Morgan fingerprint density at radius 3 is 2.52 bits per heavy atom. The lowest BCUT2D eigenvalue weighted by Crippen LogP contribution is -2.49. The first kappa shape index (κ1) is 19.2. The zero-order valence-electron chi connectivity index (χ0n) is 16.6. The average Bonchev–Trinajstić information content (AvgIpc) is 2.78. The van der Waals surface area contributed by atoms with E-state index in [2.05, 4.69) is 41.2 Å². The molecule has 0 aromatic heterocycles. The number of fused-ring (bicyclic) bond motifs is 1. The number of nitrogens with zero attached hydrogens (tertiary/aromatic N) is 1. The zero-order chi connectivity index (χ0) is 20.3. The van der Waals surface area contributed by atoms with Gasteiger partial charge in [0.1, 0.15) is 11.4 Å². The molecule has 29 heavy (non-hydrogen) atoms. The molecular formula is C24H25NO4. The van der Waals surface area contributed by atoms with Crippen LogP contribution in [0, 0.1) is 0 Å². The van der Waals surface area contributed by atoms with Crippen molar-refractivity contribution >= 4 is 18.0 Å². The Kier molecular flexibility index (Phi) is 5.38. The molecule has 4 rings (SSSR count). The van der Waals surface area contributed by atoms with Crippen molar-refractivity contribution in [2.45, 2.75) is 31.3 Å². The molecule has 1 spiro atoms. The van der Waals surface area contributed by atoms with Crippen LogP contribution in [0.1, 0.15) is 31.2 Å². The number of hydrogen-bond acceptors (Lipinski definition) is 4. The van der Waals surface area contributed by atoms with Gasteiger partial charge in [-0.3, -0.25) is 9.59 Å². The monoisotopic (exact) mass is 391 g/mol. The Labute approximate surface area is 170 Å². The highest BCUT2D eigenvalue weighted by Gasteiger charge is 2.37. The van der Waals surface area contributed by atoms with E-state index in [1.807, 2.05) is 29.2 Å². The molecule has 0 radical (unpaired) electrons. The second kappa shape index (κ2) is 8.11. The van der Waals surface area contributed by atoms with E-state index in [0.717, 1.165) is 24.2 Å². The average molecular weight is 391 g/mol. The number of rotatable bonds is 4. The number of esters is 1. The molecule has 0 unspecified atom stereocenters. The molecule has 0 atom stereocenters. The molecule has 2 aromatic carbocycles. The van der Waals surface area contributed by atoms with E-state index in [-0.39, 0.29) is 30.3 Å². The SMILES string of the molecule is COC(=O)CCC(=O)N1CCC2(C=Cc3cc(-c4ccccc4)ccc3O2)CC1. The van der Waals surface area contributed by atoms with Gasteiger partial charge in [-0.05, 0) is 29.3 Å². The number of carbonyl (C=O) groups excluding carboxylic acids is 2. The Bertz CT molecular complexity index is 927. The van der Waals surface area contributed by atoms with Gasteiger partial charge in [0.15, 0.2) is 0 Å². The van der Waals surface area contributed by atoms with Gasteiger partial charge in [-0.25, -0.2) is 0 Å². The summed E-state index contributed by atoms with van der Waals surface area (Å²) < 4.78 is 11.0. The van der Waals surface area contributed by atoms with Gasteiger partial charge in [-0.2, -0.15) is 0 Å². The maximum Gasteiger partial charge on any atom is 0.306 e. The molecule has 1 saturated heterocycles. The Hall–Kier alpha value is -3.08. The number of hydrogen-bond donors (Lipinski definition) is 0. The van der Waals surface area contributed by atoms with Crippen LogP contribution in [0.2, 0.25) is 0 Å². The normalized spacial score (nSPS) is 16.8. The lowest BCUT2D eigenvalue weighted by Gasteiger charge is -2.42. The number of amides is 1. The number of carbonyl (C=O) groups is 2. The molecule has 2 aliphatic heterocycles. The van der Waals surface area contributed by atoms with Gasteiger partial charge in [0.05, 0.1) is 13.5 Å². The summed E-state index contributed by atoms with van der Waals surface area (Å²) in [5, 5.41) is 0. The van der Waals surface area contributed by atoms with E-state index in [4.69, 9.17) is 4.74 Å². The van der Waals surface area contributed by atoms with Crippen molar-refractivity contribution in [3.63, 3.8) is 0 Å². The van der Waals surface area contributed by atoms with Gasteiger partial charge < -0.3 is 14.4 Å². The molecule has 5 heteroatoms. The third-order valence-corrected chi connectivity index (χ3v) is 5.73. The van der Waals surface area contributed by atoms with Gasteiger partial charge in [0.2, 0.25) is 5.91 Å². The summed E-state index contributed by atoms with van der Waals surface area (Å²) in [7, 11) is 1.34. The summed E-state index contributed by atoms with van der Waals surface area (Å²) in [5.74, 6) is 0.535. The Balaban J connectivity index is 1.40. The predicted octanol–water partition coefficient (Wildman–Crippen LogP) is 4.07. The fourth-order valence-electron chi connectivity index (χ4n) is 3.95. The van der Waals surface area contributed by atoms with Crippen LogP contribution in [0.25, 0.3) is 17.2 Å². The van der Waals surface area contributed by atoms with Crippen LogP contribution in [0.5, 0.6) is 5.75 Å². The minimum atomic E-state index is -0.361. The molecule has 0 aliphatic carbocycles. The third-order valence-electron chi connectivity index (χ3n) is 5.73. The molecule has 2 aromatic rings. The maximum absolute atomic E-state index is 12.3. The largest absolute Gasteiger partial charge is 0.482 e. The topological polar surface area (TPSA) is 55.8 Å². The second-order valence-corrected chi connectivity index (χ2v) is 7.58. The van der Waals surface area contributed by atoms with Crippen molar-refractivity contribution in [2.75, 3.05) is 20.2 Å². The highest BCUT2D eigenvalue weighted by Crippen LogP contribution is 2.38. The van der Waals surface area contributed by atoms with Crippen molar-refractivity contribution in [1.29, 1.82) is 0 Å². The Morgan fingerprint density at radius 1 is 1.03 bits per heavy atom. The molecule has 2 heterocycles. The molecule has 1 amide bonds. The summed E-state index contributed by atoms with van der Waals surface area (Å²) in [4.78, 5) is 25.4. The zero-order valence-corrected chi connectivity index (χ0v) is 16.6. The van der Waals surface area contributed by atoms with Gasteiger partial charge in [0.25, 0.3) is 0 Å². The van der Waals surface area contributed by atoms with Crippen LogP contribution in [0.3, 0.4) is 0 Å². The molecule has 150 valence electrons. The van der Waals surface area contributed by atoms with Crippen LogP contribution in [-0.4, -0.2) is 42.6 Å². The molecule has 0 saturated carbocycles. The Morgan fingerprint density at radius 2 is 1.79 bits per heavy atom. The highest BCUT2D eigenvalue weighted by molar-refractivity contribution is 5.81. The number of benzene rings is 2. The van der Waals surface area contributed by atoms with Crippen molar-refractivity contribution in [3.05, 3.63) is 60.2 Å². The van der Waals surface area contributed by atoms with Crippen LogP contribution in [-0.2, 0) is 14.3 Å². The van der Waals surface area contributed by atoms with E-state index in [1.165, 1.54) is 18.2 Å². The third kappa shape index (κ3) is 4.19. The smallest absolute Gasteiger partial charge is 0.306 e. The number of likely N-dealkylation sites (tertiary alicyclic amines) is 1. The molecule has 0 bridgehead atoms. The lowest BCUT2D eigenvalue weighted by molar-refractivity contribution is -0.144. The summed E-state index contributed by atoms with van der Waals surface area (Å²) in [6, 6.07) is 16.6. The molecule has 5 nitrogen and oxygen atoms in total. The van der Waals surface area contributed by atoms with Crippen molar-refractivity contribution < 1.29 is 19.1 Å². The minimum Gasteiger partial charge on any atom is -0.482 e. The standard InChI is InChI=1S/C24H25NO4/c1-28-23(27)10-9-22(26)25-15-13-24(14-16-25)12-11-20-17-19(7-8-21(20)29-24)18-5-3-2-4-6-18/h2-8,11-12,17H,9-10,13-16H2,1H3. The van der Waals surface area contributed by atoms with Crippen LogP contribution >= 0.6 is 0 Å². The number of methoxy groups -OCH3 is 1. The van der Waals surface area contributed by atoms with Crippen LogP contribution in [0.4, 0.5) is 0 Å². The van der Waals surface area contributed by atoms with E-state index in [1.54, 1.807) is 0 Å². The summed E-state index contributed by atoms with van der Waals surface area (Å²) in [5.41, 5.74) is 3.07. The molecular weight excluding hydrogens is 366 g/mol. The van der Waals surface area contributed by atoms with E-state index < -0.39 is 0 Å². The van der Waals surface area contributed by atoms with E-state index in [9.17, 15) is 9.59 Å². The molecule has 2 aliphatic rings. The summed E-state index contributed by atoms with van der Waals surface area (Å²) >= 11 is 0.